The highest BCUT2D eigenvalue weighted by molar-refractivity contribution is 5.34. The average Bonchev–Trinajstić information content (AvgIpc) is 2.09. The molecule has 1 rings (SSSR count). The van der Waals surface area contributed by atoms with E-state index in [2.05, 4.69) is 0 Å². The Kier molecular flexibility index (Phi) is 3.30. The van der Waals surface area contributed by atoms with Crippen LogP contribution in [0.4, 0.5) is 5.69 Å². The zero-order valence-corrected chi connectivity index (χ0v) is 8.47. The van der Waals surface area contributed by atoms with Gasteiger partial charge in [-0.05, 0) is 19.4 Å². The first-order valence-electron chi connectivity index (χ1n) is 4.72. The number of pyridine rings is 1. The van der Waals surface area contributed by atoms with E-state index in [1.807, 2.05) is 6.92 Å². The van der Waals surface area contributed by atoms with Crippen molar-refractivity contribution in [2.24, 2.45) is 0 Å². The first-order valence-corrected chi connectivity index (χ1v) is 4.72. The van der Waals surface area contributed by atoms with Crippen molar-refractivity contribution in [1.82, 2.24) is 4.57 Å². The Morgan fingerprint density at radius 3 is 2.71 bits per heavy atom. The van der Waals surface area contributed by atoms with Crippen molar-refractivity contribution in [2.75, 3.05) is 5.73 Å². The van der Waals surface area contributed by atoms with Gasteiger partial charge in [0.1, 0.15) is 0 Å². The lowest BCUT2D eigenvalue weighted by Crippen LogP contribution is -2.30. The molecule has 0 aromatic carbocycles. The Morgan fingerprint density at radius 2 is 2.29 bits per heavy atom. The van der Waals surface area contributed by atoms with Gasteiger partial charge in [0.05, 0.1) is 12.1 Å². The van der Waals surface area contributed by atoms with Gasteiger partial charge in [0.2, 0.25) is 0 Å². The monoisotopic (exact) mass is 196 g/mol. The van der Waals surface area contributed by atoms with Crippen molar-refractivity contribution in [2.45, 2.75) is 32.4 Å². The maximum absolute atomic E-state index is 11.5. The highest BCUT2D eigenvalue weighted by Crippen LogP contribution is 2.13. The van der Waals surface area contributed by atoms with Gasteiger partial charge in [0, 0.05) is 18.0 Å². The second-order valence-electron chi connectivity index (χ2n) is 3.42. The minimum absolute atomic E-state index is 0.169. The van der Waals surface area contributed by atoms with Crippen LogP contribution in [0.1, 0.15) is 26.3 Å². The van der Waals surface area contributed by atoms with Crippen molar-refractivity contribution in [3.8, 4) is 0 Å². The van der Waals surface area contributed by atoms with Crippen molar-refractivity contribution in [3.63, 3.8) is 0 Å². The van der Waals surface area contributed by atoms with Gasteiger partial charge in [-0.15, -0.1) is 0 Å². The molecule has 0 saturated heterocycles. The molecular weight excluding hydrogens is 180 g/mol. The fourth-order valence-corrected chi connectivity index (χ4v) is 1.55. The molecule has 0 spiro atoms. The highest BCUT2D eigenvalue weighted by Gasteiger charge is 2.15. The number of nitrogen functional groups attached to an aromatic ring is 1. The third-order valence-corrected chi connectivity index (χ3v) is 2.30. The van der Waals surface area contributed by atoms with Gasteiger partial charge < -0.3 is 15.4 Å². The third kappa shape index (κ3) is 2.14. The first kappa shape index (κ1) is 10.8. The summed E-state index contributed by atoms with van der Waals surface area (Å²) in [5, 5.41) is 9.47. The molecule has 0 aliphatic heterocycles. The molecule has 1 aromatic rings. The summed E-state index contributed by atoms with van der Waals surface area (Å²) in [6, 6.07) is 2.85. The number of hydrogen-bond donors (Lipinski definition) is 2. The predicted molar refractivity (Wildman–Crippen MR) is 56.1 cm³/mol. The number of hydrogen-bond acceptors (Lipinski definition) is 3. The second kappa shape index (κ2) is 4.28. The van der Waals surface area contributed by atoms with Gasteiger partial charge in [-0.3, -0.25) is 4.79 Å². The van der Waals surface area contributed by atoms with E-state index in [1.54, 1.807) is 19.2 Å². The lowest BCUT2D eigenvalue weighted by Gasteiger charge is -2.20. The minimum atomic E-state index is -0.540. The van der Waals surface area contributed by atoms with E-state index in [1.165, 1.54) is 10.6 Å². The number of rotatable bonds is 3. The minimum Gasteiger partial charge on any atom is -0.399 e. The van der Waals surface area contributed by atoms with E-state index < -0.39 is 6.10 Å². The SMILES string of the molecule is CCC(C(C)O)n1ccc(N)cc1=O. The summed E-state index contributed by atoms with van der Waals surface area (Å²) in [6.45, 7) is 3.61. The molecule has 4 heteroatoms. The van der Waals surface area contributed by atoms with Gasteiger partial charge in [0.25, 0.3) is 5.56 Å². The lowest BCUT2D eigenvalue weighted by molar-refractivity contribution is 0.125. The van der Waals surface area contributed by atoms with Gasteiger partial charge in [-0.25, -0.2) is 0 Å². The normalized spacial score (nSPS) is 15.1. The number of nitrogens with zero attached hydrogens (tertiary/aromatic N) is 1. The molecule has 0 radical (unpaired) electrons. The van der Waals surface area contributed by atoms with Crippen LogP contribution in [-0.2, 0) is 0 Å². The van der Waals surface area contributed by atoms with Gasteiger partial charge >= 0.3 is 0 Å². The van der Waals surface area contributed by atoms with E-state index >= 15 is 0 Å². The number of aliphatic hydroxyl groups excluding tert-OH is 1. The number of aromatic nitrogens is 1. The van der Waals surface area contributed by atoms with Crippen molar-refractivity contribution < 1.29 is 5.11 Å². The van der Waals surface area contributed by atoms with Crippen LogP contribution in [0.5, 0.6) is 0 Å². The average molecular weight is 196 g/mol. The molecule has 0 fully saturated rings. The third-order valence-electron chi connectivity index (χ3n) is 2.30. The van der Waals surface area contributed by atoms with Gasteiger partial charge in [-0.2, -0.15) is 0 Å². The van der Waals surface area contributed by atoms with Crippen LogP contribution in [-0.4, -0.2) is 15.8 Å². The first-order chi connectivity index (χ1) is 6.56. The fourth-order valence-electron chi connectivity index (χ4n) is 1.55. The molecule has 3 N–H and O–H groups in total. The quantitative estimate of drug-likeness (QED) is 0.750. The van der Waals surface area contributed by atoms with Crippen molar-refractivity contribution >= 4 is 5.69 Å². The van der Waals surface area contributed by atoms with E-state index in [-0.39, 0.29) is 11.6 Å². The summed E-state index contributed by atoms with van der Waals surface area (Å²) in [4.78, 5) is 11.5. The molecule has 2 unspecified atom stereocenters. The van der Waals surface area contributed by atoms with Crippen LogP contribution < -0.4 is 11.3 Å². The van der Waals surface area contributed by atoms with Gasteiger partial charge in [0.15, 0.2) is 0 Å². The molecule has 4 nitrogen and oxygen atoms in total. The van der Waals surface area contributed by atoms with Crippen LogP contribution >= 0.6 is 0 Å². The van der Waals surface area contributed by atoms with Gasteiger partial charge in [-0.1, -0.05) is 6.92 Å². The van der Waals surface area contributed by atoms with E-state index in [0.29, 0.717) is 12.1 Å². The Hall–Kier alpha value is -1.29. The fraction of sp³-hybridized carbons (Fsp3) is 0.500. The maximum Gasteiger partial charge on any atom is 0.252 e. The topological polar surface area (TPSA) is 68.2 Å². The molecule has 78 valence electrons. The Bertz CT molecular complexity index is 357. The summed E-state index contributed by atoms with van der Waals surface area (Å²) in [7, 11) is 0. The highest BCUT2D eigenvalue weighted by atomic mass is 16.3. The molecular formula is C10H16N2O2. The molecule has 1 aromatic heterocycles. The molecule has 0 bridgehead atoms. The van der Waals surface area contributed by atoms with Crippen molar-refractivity contribution in [1.29, 1.82) is 0 Å². The molecule has 14 heavy (non-hydrogen) atoms. The Balaban J connectivity index is 3.11. The molecule has 2 atom stereocenters. The van der Waals surface area contributed by atoms with Crippen LogP contribution in [0.25, 0.3) is 0 Å². The molecule has 0 saturated carbocycles. The zero-order chi connectivity index (χ0) is 10.7. The number of anilines is 1. The van der Waals surface area contributed by atoms with E-state index in [4.69, 9.17) is 5.73 Å². The largest absolute Gasteiger partial charge is 0.399 e. The lowest BCUT2D eigenvalue weighted by atomic mass is 10.1. The van der Waals surface area contributed by atoms with Crippen LogP contribution in [0.15, 0.2) is 23.1 Å². The number of nitrogens with two attached hydrogens (primary N) is 1. The summed E-state index contributed by atoms with van der Waals surface area (Å²) in [6.07, 6.45) is 1.79. The Labute approximate surface area is 83.0 Å². The summed E-state index contributed by atoms with van der Waals surface area (Å²) >= 11 is 0. The second-order valence-corrected chi connectivity index (χ2v) is 3.42. The van der Waals surface area contributed by atoms with E-state index in [0.717, 1.165) is 0 Å². The molecule has 0 aliphatic carbocycles. The summed E-state index contributed by atoms with van der Waals surface area (Å²) < 4.78 is 1.51. The van der Waals surface area contributed by atoms with Crippen LogP contribution in [0.3, 0.4) is 0 Å². The summed E-state index contributed by atoms with van der Waals surface area (Å²) in [5.74, 6) is 0. The zero-order valence-electron chi connectivity index (χ0n) is 8.47. The standard InChI is InChI=1S/C10H16N2O2/c1-3-9(7(2)13)12-5-4-8(11)6-10(12)14/h4-7,9,13H,3,11H2,1-2H3. The van der Waals surface area contributed by atoms with Crippen LogP contribution in [0.2, 0.25) is 0 Å². The number of aliphatic hydroxyl groups is 1. The predicted octanol–water partition coefficient (Wildman–Crippen LogP) is 0.762. The van der Waals surface area contributed by atoms with Crippen LogP contribution in [0, 0.1) is 0 Å². The smallest absolute Gasteiger partial charge is 0.252 e. The maximum atomic E-state index is 11.5. The van der Waals surface area contributed by atoms with Crippen molar-refractivity contribution in [3.05, 3.63) is 28.7 Å². The molecule has 0 aliphatic rings. The molecule has 1 heterocycles. The molecule has 0 amide bonds. The summed E-state index contributed by atoms with van der Waals surface area (Å²) in [5.41, 5.74) is 5.75. The van der Waals surface area contributed by atoms with E-state index in [9.17, 15) is 9.90 Å². The Morgan fingerprint density at radius 1 is 1.64 bits per heavy atom.